The molecule has 2 amide bonds. The van der Waals surface area contributed by atoms with Crippen LogP contribution in [0.25, 0.3) is 10.7 Å². The number of hydrazine groups is 1. The van der Waals surface area contributed by atoms with Gasteiger partial charge in [-0.3, -0.25) is 20.4 Å². The van der Waals surface area contributed by atoms with Gasteiger partial charge in [-0.15, -0.1) is 21.5 Å². The number of thioether (sulfide) groups is 1. The topological polar surface area (TPSA) is 98.1 Å². The van der Waals surface area contributed by atoms with Crippen LogP contribution in [0.3, 0.4) is 0 Å². The van der Waals surface area contributed by atoms with Gasteiger partial charge in [0.1, 0.15) is 5.75 Å². The second-order valence-corrected chi connectivity index (χ2v) is 8.41. The standard InChI is InChI=1S/C19H20ClN5O3S2/c1-3-25-18(15-5-4-8-29-15)23-24-19(25)30-11-17(27)22-21-16(26)10-28-13-6-7-14(20)12(2)9-13/h4-9H,3,10-11H2,1-2H3,(H,21,26)(H,22,27). The predicted molar refractivity (Wildman–Crippen MR) is 118 cm³/mol. The van der Waals surface area contributed by atoms with Crippen LogP contribution in [0.1, 0.15) is 12.5 Å². The molecule has 0 aliphatic carbocycles. The molecule has 0 saturated heterocycles. The Bertz CT molecular complexity index is 1020. The number of nitrogens with one attached hydrogen (secondary N) is 2. The highest BCUT2D eigenvalue weighted by Gasteiger charge is 2.15. The molecule has 2 heterocycles. The number of aromatic nitrogens is 3. The van der Waals surface area contributed by atoms with E-state index in [1.54, 1.807) is 29.5 Å². The van der Waals surface area contributed by atoms with Gasteiger partial charge in [0.05, 0.1) is 10.6 Å². The molecule has 158 valence electrons. The van der Waals surface area contributed by atoms with Crippen LogP contribution < -0.4 is 15.6 Å². The number of halogens is 1. The lowest BCUT2D eigenvalue weighted by molar-refractivity contribution is -0.128. The molecule has 30 heavy (non-hydrogen) atoms. The SMILES string of the molecule is CCn1c(SCC(=O)NNC(=O)COc2ccc(Cl)c(C)c2)nnc1-c1cccs1. The van der Waals surface area contributed by atoms with Gasteiger partial charge in [0.15, 0.2) is 17.6 Å². The fourth-order valence-corrected chi connectivity index (χ4v) is 4.10. The number of aryl methyl sites for hydroxylation is 1. The Balaban J connectivity index is 1.43. The van der Waals surface area contributed by atoms with E-state index in [0.717, 1.165) is 16.3 Å². The van der Waals surface area contributed by atoms with E-state index in [9.17, 15) is 9.59 Å². The number of carbonyl (C=O) groups is 2. The first-order valence-corrected chi connectivity index (χ1v) is 11.3. The highest BCUT2D eigenvalue weighted by molar-refractivity contribution is 7.99. The van der Waals surface area contributed by atoms with E-state index in [1.807, 2.05) is 35.9 Å². The third-order valence-corrected chi connectivity index (χ3v) is 6.20. The zero-order valence-electron chi connectivity index (χ0n) is 16.3. The van der Waals surface area contributed by atoms with E-state index in [-0.39, 0.29) is 18.3 Å². The van der Waals surface area contributed by atoms with Gasteiger partial charge in [0.2, 0.25) is 5.91 Å². The first-order chi connectivity index (χ1) is 14.5. The van der Waals surface area contributed by atoms with E-state index < -0.39 is 5.91 Å². The maximum absolute atomic E-state index is 12.1. The fourth-order valence-electron chi connectivity index (χ4n) is 2.47. The van der Waals surface area contributed by atoms with Crippen LogP contribution in [-0.4, -0.2) is 38.9 Å². The van der Waals surface area contributed by atoms with E-state index >= 15 is 0 Å². The molecule has 2 N–H and O–H groups in total. The lowest BCUT2D eigenvalue weighted by Crippen LogP contribution is -2.44. The van der Waals surface area contributed by atoms with Crippen molar-refractivity contribution in [1.82, 2.24) is 25.6 Å². The third-order valence-electron chi connectivity index (χ3n) is 3.95. The Labute approximate surface area is 187 Å². The summed E-state index contributed by atoms with van der Waals surface area (Å²) in [6.07, 6.45) is 0. The molecule has 3 aromatic rings. The average Bonchev–Trinajstić information content (AvgIpc) is 3.40. The quantitative estimate of drug-likeness (QED) is 0.391. The minimum absolute atomic E-state index is 0.0834. The number of hydrogen-bond donors (Lipinski definition) is 2. The molecule has 1 aromatic carbocycles. The van der Waals surface area contributed by atoms with Gasteiger partial charge in [-0.05, 0) is 49.1 Å². The number of thiophene rings is 1. The van der Waals surface area contributed by atoms with Crippen molar-refractivity contribution in [2.45, 2.75) is 25.5 Å². The summed E-state index contributed by atoms with van der Waals surface area (Å²) in [6, 6.07) is 9.04. The van der Waals surface area contributed by atoms with Gasteiger partial charge >= 0.3 is 0 Å². The number of nitrogens with zero attached hydrogens (tertiary/aromatic N) is 3. The third kappa shape index (κ3) is 5.74. The Kier molecular flexibility index (Phi) is 7.72. The Morgan fingerprint density at radius 2 is 2.03 bits per heavy atom. The molecule has 0 aliphatic heterocycles. The van der Waals surface area contributed by atoms with E-state index in [1.165, 1.54) is 11.8 Å². The molecule has 3 rings (SSSR count). The molecule has 0 aliphatic rings. The van der Waals surface area contributed by atoms with Gasteiger partial charge in [-0.2, -0.15) is 0 Å². The van der Waals surface area contributed by atoms with Crippen molar-refractivity contribution >= 4 is 46.5 Å². The van der Waals surface area contributed by atoms with Crippen LogP contribution in [0.2, 0.25) is 5.02 Å². The van der Waals surface area contributed by atoms with Gasteiger partial charge in [0.25, 0.3) is 5.91 Å². The molecule has 0 unspecified atom stereocenters. The number of amides is 2. The molecule has 0 radical (unpaired) electrons. The van der Waals surface area contributed by atoms with Crippen LogP contribution in [0.4, 0.5) is 0 Å². The second kappa shape index (κ2) is 10.5. The maximum atomic E-state index is 12.1. The maximum Gasteiger partial charge on any atom is 0.276 e. The van der Waals surface area contributed by atoms with Crippen molar-refractivity contribution in [2.75, 3.05) is 12.4 Å². The van der Waals surface area contributed by atoms with Gasteiger partial charge in [-0.25, -0.2) is 0 Å². The van der Waals surface area contributed by atoms with E-state index in [2.05, 4.69) is 21.0 Å². The highest BCUT2D eigenvalue weighted by Crippen LogP contribution is 2.27. The summed E-state index contributed by atoms with van der Waals surface area (Å²) in [5.41, 5.74) is 5.54. The summed E-state index contributed by atoms with van der Waals surface area (Å²) in [5, 5.41) is 11.6. The number of carbonyl (C=O) groups excluding carboxylic acids is 2. The summed E-state index contributed by atoms with van der Waals surface area (Å²) in [7, 11) is 0. The minimum atomic E-state index is -0.474. The van der Waals surface area contributed by atoms with Gasteiger partial charge in [-0.1, -0.05) is 29.4 Å². The molecule has 11 heteroatoms. The lowest BCUT2D eigenvalue weighted by atomic mass is 10.2. The normalized spacial score (nSPS) is 10.6. The van der Waals surface area contributed by atoms with Crippen molar-refractivity contribution in [3.8, 4) is 16.5 Å². The smallest absolute Gasteiger partial charge is 0.276 e. The second-order valence-electron chi connectivity index (χ2n) is 6.11. The number of rotatable bonds is 8. The van der Waals surface area contributed by atoms with Crippen molar-refractivity contribution in [1.29, 1.82) is 0 Å². The van der Waals surface area contributed by atoms with E-state index in [0.29, 0.717) is 22.5 Å². The zero-order chi connectivity index (χ0) is 21.5. The number of benzene rings is 1. The molecule has 2 aromatic heterocycles. The molecular weight excluding hydrogens is 446 g/mol. The van der Waals surface area contributed by atoms with Crippen LogP contribution in [0.5, 0.6) is 5.75 Å². The van der Waals surface area contributed by atoms with Gasteiger partial charge in [0, 0.05) is 11.6 Å². The van der Waals surface area contributed by atoms with E-state index in [4.69, 9.17) is 16.3 Å². The summed E-state index contributed by atoms with van der Waals surface area (Å²) in [4.78, 5) is 24.9. The van der Waals surface area contributed by atoms with Crippen LogP contribution in [0.15, 0.2) is 40.9 Å². The average molecular weight is 466 g/mol. The minimum Gasteiger partial charge on any atom is -0.484 e. The van der Waals surface area contributed by atoms with Crippen LogP contribution in [0, 0.1) is 6.92 Å². The molecular formula is C19H20ClN5O3S2. The summed E-state index contributed by atoms with van der Waals surface area (Å²) in [5.74, 6) is 0.546. The van der Waals surface area contributed by atoms with Crippen molar-refractivity contribution in [2.24, 2.45) is 0 Å². The number of ether oxygens (including phenoxy) is 1. The first-order valence-electron chi connectivity index (χ1n) is 9.04. The van der Waals surface area contributed by atoms with Gasteiger partial charge < -0.3 is 9.30 Å². The Morgan fingerprint density at radius 1 is 1.23 bits per heavy atom. The predicted octanol–water partition coefficient (Wildman–Crippen LogP) is 3.31. The molecule has 0 atom stereocenters. The summed E-state index contributed by atoms with van der Waals surface area (Å²) >= 11 is 8.79. The number of hydrogen-bond acceptors (Lipinski definition) is 7. The van der Waals surface area contributed by atoms with Crippen LogP contribution in [-0.2, 0) is 16.1 Å². The molecule has 0 bridgehead atoms. The molecule has 0 fully saturated rings. The Hall–Kier alpha value is -2.56. The largest absolute Gasteiger partial charge is 0.484 e. The van der Waals surface area contributed by atoms with Crippen molar-refractivity contribution in [3.63, 3.8) is 0 Å². The van der Waals surface area contributed by atoms with Crippen molar-refractivity contribution < 1.29 is 14.3 Å². The highest BCUT2D eigenvalue weighted by atomic mass is 35.5. The molecule has 0 spiro atoms. The van der Waals surface area contributed by atoms with Crippen molar-refractivity contribution in [3.05, 3.63) is 46.3 Å². The lowest BCUT2D eigenvalue weighted by Gasteiger charge is -2.10. The molecule has 0 saturated carbocycles. The first kappa shape index (κ1) is 22.1. The molecule has 8 nitrogen and oxygen atoms in total. The van der Waals surface area contributed by atoms with Crippen LogP contribution >= 0.6 is 34.7 Å². The Morgan fingerprint density at radius 3 is 2.73 bits per heavy atom. The fraction of sp³-hybridized carbons (Fsp3) is 0.263. The summed E-state index contributed by atoms with van der Waals surface area (Å²) in [6.45, 7) is 4.29. The summed E-state index contributed by atoms with van der Waals surface area (Å²) < 4.78 is 7.33. The monoisotopic (exact) mass is 465 g/mol. The zero-order valence-corrected chi connectivity index (χ0v) is 18.7.